The van der Waals surface area contributed by atoms with Gasteiger partial charge in [-0.1, -0.05) is 30.3 Å². The largest absolute Gasteiger partial charge is 0.240 e. The van der Waals surface area contributed by atoms with E-state index >= 15 is 0 Å². The number of sulfonamides is 2. The number of fused-ring (bicyclic) bond motifs is 1. The highest BCUT2D eigenvalue weighted by Gasteiger charge is 2.13. The third-order valence-electron chi connectivity index (χ3n) is 2.81. The molecule has 0 atom stereocenters. The summed E-state index contributed by atoms with van der Waals surface area (Å²) in [5.41, 5.74) is 0. The summed E-state index contributed by atoms with van der Waals surface area (Å²) < 4.78 is 50.6. The van der Waals surface area contributed by atoms with Gasteiger partial charge in [-0.2, -0.15) is 0 Å². The highest BCUT2D eigenvalue weighted by Crippen LogP contribution is 2.18. The highest BCUT2D eigenvalue weighted by molar-refractivity contribution is 7.89. The molecule has 114 valence electrons. The van der Waals surface area contributed by atoms with E-state index in [0.717, 1.165) is 17.0 Å². The molecule has 0 aliphatic heterocycles. The fourth-order valence-corrected chi connectivity index (χ4v) is 3.38. The summed E-state index contributed by atoms with van der Waals surface area (Å²) in [5, 5.41) is 1.78. The van der Waals surface area contributed by atoms with Crippen molar-refractivity contribution >= 4 is 30.8 Å². The summed E-state index contributed by atoms with van der Waals surface area (Å²) in [6, 6.07) is 12.3. The zero-order valence-electron chi connectivity index (χ0n) is 11.4. The van der Waals surface area contributed by atoms with Crippen molar-refractivity contribution in [3.05, 3.63) is 42.5 Å². The van der Waals surface area contributed by atoms with Gasteiger partial charge in [0, 0.05) is 13.1 Å². The van der Waals surface area contributed by atoms with Gasteiger partial charge >= 0.3 is 0 Å². The molecule has 2 aromatic carbocycles. The van der Waals surface area contributed by atoms with E-state index in [1.165, 1.54) is 6.07 Å². The predicted octanol–water partition coefficient (Wildman–Crippen LogP) is 0.667. The molecule has 0 saturated carbocycles. The van der Waals surface area contributed by atoms with Crippen LogP contribution in [0, 0.1) is 0 Å². The molecule has 0 amide bonds. The van der Waals surface area contributed by atoms with Gasteiger partial charge in [-0.3, -0.25) is 0 Å². The molecule has 21 heavy (non-hydrogen) atoms. The lowest BCUT2D eigenvalue weighted by Crippen LogP contribution is -2.34. The SMILES string of the molecule is CS(=O)(=O)NCCNS(=O)(=O)c1ccc2ccccc2c1. The molecule has 0 aromatic heterocycles. The van der Waals surface area contributed by atoms with Crippen molar-refractivity contribution in [2.75, 3.05) is 19.3 Å². The van der Waals surface area contributed by atoms with E-state index in [1.807, 2.05) is 24.3 Å². The van der Waals surface area contributed by atoms with Gasteiger partial charge in [-0.15, -0.1) is 0 Å². The van der Waals surface area contributed by atoms with E-state index in [4.69, 9.17) is 0 Å². The van der Waals surface area contributed by atoms with E-state index in [9.17, 15) is 16.8 Å². The molecule has 0 spiro atoms. The Balaban J connectivity index is 2.10. The molecule has 0 radical (unpaired) electrons. The molecule has 8 heteroatoms. The minimum absolute atomic E-state index is 0.00560. The first-order valence-corrected chi connectivity index (χ1v) is 9.58. The molecule has 0 fully saturated rings. The van der Waals surface area contributed by atoms with Gasteiger partial charge in [-0.25, -0.2) is 26.3 Å². The van der Waals surface area contributed by atoms with Gasteiger partial charge in [0.05, 0.1) is 11.2 Å². The molecule has 2 aromatic rings. The smallest absolute Gasteiger partial charge is 0.214 e. The number of benzene rings is 2. The monoisotopic (exact) mass is 328 g/mol. The molecule has 6 nitrogen and oxygen atoms in total. The minimum atomic E-state index is -3.65. The van der Waals surface area contributed by atoms with E-state index in [-0.39, 0.29) is 18.0 Å². The Kier molecular flexibility index (Phi) is 4.62. The van der Waals surface area contributed by atoms with Gasteiger partial charge < -0.3 is 0 Å². The summed E-state index contributed by atoms with van der Waals surface area (Å²) in [6.45, 7) is -0.00608. The molecule has 0 heterocycles. The number of hydrogen-bond donors (Lipinski definition) is 2. The van der Waals surface area contributed by atoms with Gasteiger partial charge in [0.25, 0.3) is 0 Å². The van der Waals surface area contributed by atoms with Crippen molar-refractivity contribution in [3.63, 3.8) is 0 Å². The fourth-order valence-electron chi connectivity index (χ4n) is 1.84. The second-order valence-electron chi connectivity index (χ2n) is 4.57. The zero-order chi connectivity index (χ0) is 15.5. The summed E-state index contributed by atoms with van der Waals surface area (Å²) in [5.74, 6) is 0. The molecular formula is C13H16N2O4S2. The zero-order valence-corrected chi connectivity index (χ0v) is 13.0. The Morgan fingerprint density at radius 2 is 1.48 bits per heavy atom. The Labute approximate surface area is 124 Å². The Morgan fingerprint density at radius 1 is 0.857 bits per heavy atom. The molecule has 2 rings (SSSR count). The Hall–Kier alpha value is -1.48. The molecule has 0 saturated heterocycles. The predicted molar refractivity (Wildman–Crippen MR) is 82.0 cm³/mol. The van der Waals surface area contributed by atoms with Crippen LogP contribution in [0.15, 0.2) is 47.4 Å². The standard InChI is InChI=1S/C13H16N2O4S2/c1-20(16,17)14-8-9-15-21(18,19)13-7-6-11-4-2-3-5-12(11)10-13/h2-7,10,14-15H,8-9H2,1H3. The van der Waals surface area contributed by atoms with Gasteiger partial charge in [0.2, 0.25) is 20.0 Å². The van der Waals surface area contributed by atoms with Gasteiger partial charge in [0.15, 0.2) is 0 Å². The van der Waals surface area contributed by atoms with Crippen LogP contribution in [0.25, 0.3) is 10.8 Å². The van der Waals surface area contributed by atoms with E-state index in [2.05, 4.69) is 9.44 Å². The van der Waals surface area contributed by atoms with Crippen LogP contribution >= 0.6 is 0 Å². The van der Waals surface area contributed by atoms with Crippen molar-refractivity contribution in [2.24, 2.45) is 0 Å². The average Bonchev–Trinajstić information content (AvgIpc) is 2.42. The third-order valence-corrected chi connectivity index (χ3v) is 5.00. The third kappa shape index (κ3) is 4.50. The summed E-state index contributed by atoms with van der Waals surface area (Å²) in [6.07, 6.45) is 1.02. The Morgan fingerprint density at radius 3 is 2.14 bits per heavy atom. The first-order chi connectivity index (χ1) is 9.78. The lowest BCUT2D eigenvalue weighted by molar-refractivity contribution is 0.573. The second-order valence-corrected chi connectivity index (χ2v) is 8.17. The molecule has 0 aliphatic rings. The average molecular weight is 328 g/mol. The maximum absolute atomic E-state index is 12.1. The van der Waals surface area contributed by atoms with E-state index in [0.29, 0.717) is 0 Å². The van der Waals surface area contributed by atoms with Crippen LogP contribution in [0.3, 0.4) is 0 Å². The normalized spacial score (nSPS) is 12.6. The summed E-state index contributed by atoms with van der Waals surface area (Å²) in [7, 11) is -6.97. The van der Waals surface area contributed by atoms with Crippen molar-refractivity contribution in [2.45, 2.75) is 4.90 Å². The van der Waals surface area contributed by atoms with Crippen molar-refractivity contribution in [1.29, 1.82) is 0 Å². The van der Waals surface area contributed by atoms with Crippen molar-refractivity contribution in [3.8, 4) is 0 Å². The van der Waals surface area contributed by atoms with Crippen LogP contribution in [-0.4, -0.2) is 36.2 Å². The van der Waals surface area contributed by atoms with Crippen LogP contribution in [-0.2, 0) is 20.0 Å². The number of rotatable bonds is 6. The van der Waals surface area contributed by atoms with E-state index in [1.54, 1.807) is 12.1 Å². The quantitative estimate of drug-likeness (QED) is 0.762. The van der Waals surface area contributed by atoms with Gasteiger partial charge in [0.1, 0.15) is 0 Å². The highest BCUT2D eigenvalue weighted by atomic mass is 32.2. The molecule has 0 bridgehead atoms. The number of nitrogens with one attached hydrogen (secondary N) is 2. The first-order valence-electron chi connectivity index (χ1n) is 6.21. The maximum atomic E-state index is 12.1. The first kappa shape index (κ1) is 15.9. The topological polar surface area (TPSA) is 92.3 Å². The van der Waals surface area contributed by atoms with Crippen LogP contribution in [0.1, 0.15) is 0 Å². The minimum Gasteiger partial charge on any atom is -0.214 e. The van der Waals surface area contributed by atoms with Crippen molar-refractivity contribution < 1.29 is 16.8 Å². The van der Waals surface area contributed by atoms with Crippen LogP contribution in [0.4, 0.5) is 0 Å². The fraction of sp³-hybridized carbons (Fsp3) is 0.231. The van der Waals surface area contributed by atoms with E-state index < -0.39 is 20.0 Å². The van der Waals surface area contributed by atoms with Gasteiger partial charge in [-0.05, 0) is 22.9 Å². The maximum Gasteiger partial charge on any atom is 0.240 e. The molecule has 0 aliphatic carbocycles. The molecule has 0 unspecified atom stereocenters. The van der Waals surface area contributed by atoms with Crippen molar-refractivity contribution in [1.82, 2.24) is 9.44 Å². The van der Waals surface area contributed by atoms with Crippen LogP contribution in [0.2, 0.25) is 0 Å². The Bertz CT molecular complexity index is 845. The lowest BCUT2D eigenvalue weighted by Gasteiger charge is -2.08. The second kappa shape index (κ2) is 6.10. The van der Waals surface area contributed by atoms with Crippen LogP contribution < -0.4 is 9.44 Å². The lowest BCUT2D eigenvalue weighted by atomic mass is 10.1. The number of hydrogen-bond acceptors (Lipinski definition) is 4. The van der Waals surface area contributed by atoms with Crippen LogP contribution in [0.5, 0.6) is 0 Å². The summed E-state index contributed by atoms with van der Waals surface area (Å²) in [4.78, 5) is 0.153. The molecular weight excluding hydrogens is 312 g/mol. The summed E-state index contributed by atoms with van der Waals surface area (Å²) >= 11 is 0. The molecule has 2 N–H and O–H groups in total.